The van der Waals surface area contributed by atoms with E-state index in [9.17, 15) is 0 Å². The van der Waals surface area contributed by atoms with Gasteiger partial charge in [0.2, 0.25) is 5.88 Å². The lowest BCUT2D eigenvalue weighted by molar-refractivity contribution is 0.110. The summed E-state index contributed by atoms with van der Waals surface area (Å²) < 4.78 is 6.54. The second-order valence-electron chi connectivity index (χ2n) is 3.80. The largest absolute Gasteiger partial charge is 0.474 e. The van der Waals surface area contributed by atoms with Crippen LogP contribution in [0.2, 0.25) is 0 Å². The molecule has 2 heterocycles. The van der Waals surface area contributed by atoms with Gasteiger partial charge in [-0.25, -0.2) is 9.97 Å². The summed E-state index contributed by atoms with van der Waals surface area (Å²) in [6, 6.07) is 1.80. The van der Waals surface area contributed by atoms with Gasteiger partial charge >= 0.3 is 0 Å². The number of halogens is 1. The summed E-state index contributed by atoms with van der Waals surface area (Å²) >= 11 is 3.30. The molecule has 2 rings (SSSR count). The molecule has 1 aliphatic heterocycles. The zero-order chi connectivity index (χ0) is 10.7. The van der Waals surface area contributed by atoms with E-state index in [4.69, 9.17) is 4.74 Å². The molecule has 0 unspecified atom stereocenters. The number of nitrogens with zero attached hydrogens (tertiary/aromatic N) is 3. The summed E-state index contributed by atoms with van der Waals surface area (Å²) in [6.45, 7) is 2.19. The first-order chi connectivity index (χ1) is 7.24. The fourth-order valence-corrected chi connectivity index (χ4v) is 1.94. The molecule has 1 fully saturated rings. The lowest BCUT2D eigenvalue weighted by atomic mass is 10.1. The molecule has 0 radical (unpaired) electrons. The maximum absolute atomic E-state index is 5.78. The number of hydrogen-bond donors (Lipinski definition) is 0. The molecule has 0 aromatic carbocycles. The van der Waals surface area contributed by atoms with Gasteiger partial charge in [-0.05, 0) is 35.8 Å². The number of piperidine rings is 1. The molecule has 0 bridgehead atoms. The van der Waals surface area contributed by atoms with Crippen molar-refractivity contribution in [2.24, 2.45) is 0 Å². The molecular formula is C10H14BrN3O. The van der Waals surface area contributed by atoms with E-state index in [1.165, 1.54) is 6.33 Å². The Bertz CT molecular complexity index is 326. The van der Waals surface area contributed by atoms with E-state index in [0.29, 0.717) is 12.0 Å². The van der Waals surface area contributed by atoms with Crippen LogP contribution in [0.25, 0.3) is 0 Å². The molecule has 0 aliphatic carbocycles. The van der Waals surface area contributed by atoms with Crippen molar-refractivity contribution in [1.29, 1.82) is 0 Å². The minimum absolute atomic E-state index is 0.294. The second-order valence-corrected chi connectivity index (χ2v) is 4.61. The molecule has 0 saturated carbocycles. The zero-order valence-electron chi connectivity index (χ0n) is 8.69. The molecule has 0 atom stereocenters. The first kappa shape index (κ1) is 10.8. The second kappa shape index (κ2) is 4.90. The number of hydrogen-bond acceptors (Lipinski definition) is 4. The van der Waals surface area contributed by atoms with E-state index in [2.05, 4.69) is 37.8 Å². The van der Waals surface area contributed by atoms with Gasteiger partial charge < -0.3 is 9.64 Å². The van der Waals surface area contributed by atoms with Crippen LogP contribution in [0.5, 0.6) is 5.88 Å². The molecule has 0 N–H and O–H groups in total. The van der Waals surface area contributed by atoms with Crippen LogP contribution < -0.4 is 4.74 Å². The molecule has 82 valence electrons. The summed E-state index contributed by atoms with van der Waals surface area (Å²) in [5.74, 6) is 0.659. The predicted molar refractivity (Wildman–Crippen MR) is 60.9 cm³/mol. The van der Waals surface area contributed by atoms with Crippen molar-refractivity contribution >= 4 is 15.9 Å². The number of ether oxygens (including phenoxy) is 1. The summed E-state index contributed by atoms with van der Waals surface area (Å²) in [6.07, 6.45) is 3.94. The third-order valence-electron chi connectivity index (χ3n) is 2.56. The van der Waals surface area contributed by atoms with Crippen LogP contribution in [0.15, 0.2) is 17.0 Å². The Balaban J connectivity index is 1.92. The Labute approximate surface area is 97.8 Å². The topological polar surface area (TPSA) is 38.2 Å². The lowest BCUT2D eigenvalue weighted by Crippen LogP contribution is -2.35. The Hall–Kier alpha value is -0.680. The molecule has 1 aliphatic rings. The fourth-order valence-electron chi connectivity index (χ4n) is 1.66. The van der Waals surface area contributed by atoms with Crippen molar-refractivity contribution in [2.75, 3.05) is 20.1 Å². The van der Waals surface area contributed by atoms with Crippen molar-refractivity contribution in [3.63, 3.8) is 0 Å². The molecule has 1 aromatic heterocycles. The zero-order valence-corrected chi connectivity index (χ0v) is 10.3. The van der Waals surface area contributed by atoms with Crippen molar-refractivity contribution in [1.82, 2.24) is 14.9 Å². The minimum atomic E-state index is 0.294. The average Bonchev–Trinajstić information content (AvgIpc) is 2.22. The summed E-state index contributed by atoms with van der Waals surface area (Å²) in [5.41, 5.74) is 0. The highest BCUT2D eigenvalue weighted by Crippen LogP contribution is 2.18. The molecule has 0 spiro atoms. The number of aromatic nitrogens is 2. The minimum Gasteiger partial charge on any atom is -0.474 e. The van der Waals surface area contributed by atoms with E-state index < -0.39 is 0 Å². The van der Waals surface area contributed by atoms with Crippen LogP contribution in [-0.4, -0.2) is 41.1 Å². The predicted octanol–water partition coefficient (Wildman–Crippen LogP) is 1.71. The highest BCUT2D eigenvalue weighted by molar-refractivity contribution is 9.10. The SMILES string of the molecule is CN1CCC(Oc2cc(Br)ncn2)CC1. The van der Waals surface area contributed by atoms with Gasteiger partial charge in [0.05, 0.1) is 0 Å². The van der Waals surface area contributed by atoms with Crippen molar-refractivity contribution in [3.05, 3.63) is 17.0 Å². The van der Waals surface area contributed by atoms with Gasteiger partial charge in [0.15, 0.2) is 0 Å². The molecular weight excluding hydrogens is 258 g/mol. The molecule has 1 saturated heterocycles. The highest BCUT2D eigenvalue weighted by Gasteiger charge is 2.18. The first-order valence-corrected chi connectivity index (χ1v) is 5.86. The lowest BCUT2D eigenvalue weighted by Gasteiger charge is -2.28. The number of rotatable bonds is 2. The maximum Gasteiger partial charge on any atom is 0.217 e. The van der Waals surface area contributed by atoms with Crippen LogP contribution in [0.3, 0.4) is 0 Å². The summed E-state index contributed by atoms with van der Waals surface area (Å²) in [5, 5.41) is 0. The van der Waals surface area contributed by atoms with Crippen LogP contribution in [0.1, 0.15) is 12.8 Å². The standard InChI is InChI=1S/C10H14BrN3O/c1-14-4-2-8(3-5-14)15-10-6-9(11)12-7-13-10/h6-8H,2-5H2,1H3. The van der Waals surface area contributed by atoms with Crippen molar-refractivity contribution < 1.29 is 4.74 Å². The Kier molecular flexibility index (Phi) is 3.53. The summed E-state index contributed by atoms with van der Waals surface area (Å²) in [7, 11) is 2.14. The fraction of sp³-hybridized carbons (Fsp3) is 0.600. The first-order valence-electron chi connectivity index (χ1n) is 5.07. The van der Waals surface area contributed by atoms with E-state index in [1.807, 2.05) is 0 Å². The Morgan fingerprint density at radius 1 is 1.40 bits per heavy atom. The molecule has 0 amide bonds. The van der Waals surface area contributed by atoms with Crippen molar-refractivity contribution in [3.8, 4) is 5.88 Å². The van der Waals surface area contributed by atoms with Gasteiger partial charge in [0.25, 0.3) is 0 Å². The Morgan fingerprint density at radius 2 is 2.13 bits per heavy atom. The molecule has 5 heteroatoms. The maximum atomic E-state index is 5.78. The van der Waals surface area contributed by atoms with E-state index in [0.717, 1.165) is 30.5 Å². The Morgan fingerprint density at radius 3 is 2.80 bits per heavy atom. The molecule has 15 heavy (non-hydrogen) atoms. The van der Waals surface area contributed by atoms with Crippen LogP contribution in [0.4, 0.5) is 0 Å². The van der Waals surface area contributed by atoms with E-state index >= 15 is 0 Å². The van der Waals surface area contributed by atoms with Gasteiger partial charge in [0.1, 0.15) is 17.0 Å². The van der Waals surface area contributed by atoms with E-state index in [1.54, 1.807) is 6.07 Å². The van der Waals surface area contributed by atoms with Crippen molar-refractivity contribution in [2.45, 2.75) is 18.9 Å². The number of likely N-dealkylation sites (tertiary alicyclic amines) is 1. The smallest absolute Gasteiger partial charge is 0.217 e. The molecule has 4 nitrogen and oxygen atoms in total. The van der Waals surface area contributed by atoms with Gasteiger partial charge in [-0.2, -0.15) is 0 Å². The van der Waals surface area contributed by atoms with Crippen LogP contribution in [0, 0.1) is 0 Å². The van der Waals surface area contributed by atoms with Gasteiger partial charge in [-0.3, -0.25) is 0 Å². The molecule has 1 aromatic rings. The van der Waals surface area contributed by atoms with E-state index in [-0.39, 0.29) is 0 Å². The highest BCUT2D eigenvalue weighted by atomic mass is 79.9. The van der Waals surface area contributed by atoms with Gasteiger partial charge in [0, 0.05) is 19.2 Å². The summed E-state index contributed by atoms with van der Waals surface area (Å²) in [4.78, 5) is 10.4. The monoisotopic (exact) mass is 271 g/mol. The quantitative estimate of drug-likeness (QED) is 0.768. The van der Waals surface area contributed by atoms with Gasteiger partial charge in [-0.15, -0.1) is 0 Å². The third kappa shape index (κ3) is 3.14. The normalized spacial score (nSPS) is 19.1. The average molecular weight is 272 g/mol. The van der Waals surface area contributed by atoms with Crippen LogP contribution in [-0.2, 0) is 0 Å². The third-order valence-corrected chi connectivity index (χ3v) is 3.00. The van der Waals surface area contributed by atoms with Gasteiger partial charge in [-0.1, -0.05) is 0 Å². The van der Waals surface area contributed by atoms with Crippen LogP contribution >= 0.6 is 15.9 Å².